The van der Waals surface area contributed by atoms with Crippen molar-refractivity contribution in [2.45, 2.75) is 32.0 Å². The summed E-state index contributed by atoms with van der Waals surface area (Å²) in [5.74, 6) is 0. The average Bonchev–Trinajstić information content (AvgIpc) is 2.96. The summed E-state index contributed by atoms with van der Waals surface area (Å²) in [6, 6.07) is 8.80. The number of hydrogen-bond acceptors (Lipinski definition) is 4. The highest BCUT2D eigenvalue weighted by Gasteiger charge is 2.27. The lowest BCUT2D eigenvalue weighted by molar-refractivity contribution is 0.0260. The number of anilines is 1. The van der Waals surface area contributed by atoms with Crippen LogP contribution in [0.15, 0.2) is 24.3 Å². The minimum Gasteiger partial charge on any atom is -0.372 e. The Labute approximate surface area is 127 Å². The van der Waals surface area contributed by atoms with E-state index in [2.05, 4.69) is 41.0 Å². The fraction of sp³-hybridized carbons (Fsp3) is 0.647. The zero-order chi connectivity index (χ0) is 14.7. The first-order valence-electron chi connectivity index (χ1n) is 8.14. The van der Waals surface area contributed by atoms with E-state index in [1.54, 1.807) is 0 Å². The van der Waals surface area contributed by atoms with Gasteiger partial charge in [-0.25, -0.2) is 0 Å². The summed E-state index contributed by atoms with van der Waals surface area (Å²) >= 11 is 0. The molecular weight excluding hydrogens is 262 g/mol. The Balaban J connectivity index is 1.47. The summed E-state index contributed by atoms with van der Waals surface area (Å²) < 4.78 is 5.96. The van der Waals surface area contributed by atoms with Crippen LogP contribution in [-0.4, -0.2) is 56.4 Å². The predicted octanol–water partition coefficient (Wildman–Crippen LogP) is 1.62. The average molecular weight is 289 g/mol. The molecule has 2 aliphatic rings. The Kier molecular flexibility index (Phi) is 4.78. The molecule has 21 heavy (non-hydrogen) atoms. The first-order valence-corrected chi connectivity index (χ1v) is 8.14. The number of piperazine rings is 1. The Morgan fingerprint density at radius 2 is 1.90 bits per heavy atom. The number of nitrogens with zero attached hydrogens (tertiary/aromatic N) is 2. The van der Waals surface area contributed by atoms with Crippen molar-refractivity contribution in [1.29, 1.82) is 0 Å². The maximum absolute atomic E-state index is 5.96. The van der Waals surface area contributed by atoms with Gasteiger partial charge in [-0.3, -0.25) is 4.90 Å². The van der Waals surface area contributed by atoms with Crippen molar-refractivity contribution >= 4 is 5.69 Å². The van der Waals surface area contributed by atoms with Gasteiger partial charge in [0.1, 0.15) is 0 Å². The predicted molar refractivity (Wildman–Crippen MR) is 86.8 cm³/mol. The van der Waals surface area contributed by atoms with Crippen LogP contribution in [0.4, 0.5) is 5.69 Å². The molecule has 0 aromatic heterocycles. The second-order valence-corrected chi connectivity index (χ2v) is 6.32. The fourth-order valence-electron chi connectivity index (χ4n) is 3.39. The van der Waals surface area contributed by atoms with Crippen LogP contribution in [0.3, 0.4) is 0 Å². The summed E-state index contributed by atoms with van der Waals surface area (Å²) in [4.78, 5) is 5.03. The van der Waals surface area contributed by atoms with Crippen LogP contribution in [0.5, 0.6) is 0 Å². The number of hydrogen-bond donors (Lipinski definition) is 1. The number of ether oxygens (including phenoxy) is 1. The molecule has 2 fully saturated rings. The van der Waals surface area contributed by atoms with E-state index in [4.69, 9.17) is 10.5 Å². The topological polar surface area (TPSA) is 41.7 Å². The van der Waals surface area contributed by atoms with Gasteiger partial charge < -0.3 is 15.4 Å². The lowest BCUT2D eigenvalue weighted by Crippen LogP contribution is -2.48. The van der Waals surface area contributed by atoms with Crippen molar-refractivity contribution in [2.24, 2.45) is 5.73 Å². The monoisotopic (exact) mass is 289 g/mol. The molecule has 1 aromatic rings. The number of benzene rings is 1. The minimum atomic E-state index is 0.295. The van der Waals surface area contributed by atoms with Gasteiger partial charge in [-0.1, -0.05) is 12.1 Å². The van der Waals surface area contributed by atoms with Gasteiger partial charge in [0.05, 0.1) is 12.2 Å². The Morgan fingerprint density at radius 3 is 2.57 bits per heavy atom. The standard InChI is InChI=1S/C17H27N3O/c1-14-3-2-4-15(11-14)20-9-7-19(8-10-20)13-17-6-5-16(12-18)21-17/h2-4,11,16-17H,5-10,12-13,18H2,1H3. The summed E-state index contributed by atoms with van der Waals surface area (Å²) in [6.45, 7) is 8.36. The molecule has 3 rings (SSSR count). The van der Waals surface area contributed by atoms with Crippen LogP contribution in [-0.2, 0) is 4.74 Å². The third kappa shape index (κ3) is 3.76. The third-order valence-electron chi connectivity index (χ3n) is 4.66. The third-order valence-corrected chi connectivity index (χ3v) is 4.66. The van der Waals surface area contributed by atoms with Crippen molar-refractivity contribution in [3.05, 3.63) is 29.8 Å². The molecule has 2 saturated heterocycles. The molecule has 2 unspecified atom stereocenters. The molecule has 0 amide bonds. The summed E-state index contributed by atoms with van der Waals surface area (Å²) in [5.41, 5.74) is 8.37. The first-order chi connectivity index (χ1) is 10.2. The highest BCUT2D eigenvalue weighted by molar-refractivity contribution is 5.48. The molecule has 0 aliphatic carbocycles. The molecule has 4 nitrogen and oxygen atoms in total. The van der Waals surface area contributed by atoms with Crippen molar-refractivity contribution in [1.82, 2.24) is 4.90 Å². The molecule has 0 radical (unpaired) electrons. The Morgan fingerprint density at radius 1 is 1.14 bits per heavy atom. The zero-order valence-corrected chi connectivity index (χ0v) is 13.0. The summed E-state index contributed by atoms with van der Waals surface area (Å²) in [7, 11) is 0. The Hall–Kier alpha value is -1.10. The molecule has 2 atom stereocenters. The van der Waals surface area contributed by atoms with E-state index in [-0.39, 0.29) is 0 Å². The highest BCUT2D eigenvalue weighted by Crippen LogP contribution is 2.22. The van der Waals surface area contributed by atoms with E-state index in [1.165, 1.54) is 17.7 Å². The van der Waals surface area contributed by atoms with Crippen LogP contribution >= 0.6 is 0 Å². The minimum absolute atomic E-state index is 0.295. The molecule has 0 spiro atoms. The second kappa shape index (κ2) is 6.77. The molecule has 4 heteroatoms. The molecule has 2 N–H and O–H groups in total. The zero-order valence-electron chi connectivity index (χ0n) is 13.0. The van der Waals surface area contributed by atoms with E-state index in [0.29, 0.717) is 18.8 Å². The van der Waals surface area contributed by atoms with Gasteiger partial charge in [0, 0.05) is 45.0 Å². The van der Waals surface area contributed by atoms with Crippen LogP contribution in [0.25, 0.3) is 0 Å². The largest absolute Gasteiger partial charge is 0.372 e. The van der Waals surface area contributed by atoms with E-state index >= 15 is 0 Å². The van der Waals surface area contributed by atoms with Gasteiger partial charge in [0.25, 0.3) is 0 Å². The first kappa shape index (κ1) is 14.8. The van der Waals surface area contributed by atoms with Crippen LogP contribution in [0.2, 0.25) is 0 Å². The van der Waals surface area contributed by atoms with E-state index in [9.17, 15) is 0 Å². The van der Waals surface area contributed by atoms with Crippen molar-refractivity contribution in [3.63, 3.8) is 0 Å². The maximum Gasteiger partial charge on any atom is 0.0707 e. The summed E-state index contributed by atoms with van der Waals surface area (Å²) in [6.07, 6.45) is 2.98. The number of aryl methyl sites for hydroxylation is 1. The Bertz CT molecular complexity index is 457. The van der Waals surface area contributed by atoms with Gasteiger partial charge in [0.2, 0.25) is 0 Å². The number of rotatable bonds is 4. The highest BCUT2D eigenvalue weighted by atomic mass is 16.5. The van der Waals surface area contributed by atoms with Crippen LogP contribution in [0, 0.1) is 6.92 Å². The van der Waals surface area contributed by atoms with Gasteiger partial charge in [-0.15, -0.1) is 0 Å². The van der Waals surface area contributed by atoms with Crippen molar-refractivity contribution in [3.8, 4) is 0 Å². The molecule has 0 saturated carbocycles. The smallest absolute Gasteiger partial charge is 0.0707 e. The van der Waals surface area contributed by atoms with Crippen LogP contribution in [0.1, 0.15) is 18.4 Å². The van der Waals surface area contributed by atoms with Crippen LogP contribution < -0.4 is 10.6 Å². The molecule has 116 valence electrons. The fourth-order valence-corrected chi connectivity index (χ4v) is 3.39. The quantitative estimate of drug-likeness (QED) is 0.914. The van der Waals surface area contributed by atoms with Gasteiger partial charge in [-0.2, -0.15) is 0 Å². The normalized spacial score (nSPS) is 27.2. The lowest BCUT2D eigenvalue weighted by Gasteiger charge is -2.37. The molecule has 0 bridgehead atoms. The van der Waals surface area contributed by atoms with Crippen molar-refractivity contribution < 1.29 is 4.74 Å². The summed E-state index contributed by atoms with van der Waals surface area (Å²) in [5, 5.41) is 0. The second-order valence-electron chi connectivity index (χ2n) is 6.32. The lowest BCUT2D eigenvalue weighted by atomic mass is 10.1. The van der Waals surface area contributed by atoms with Gasteiger partial charge >= 0.3 is 0 Å². The molecule has 2 aliphatic heterocycles. The van der Waals surface area contributed by atoms with E-state index < -0.39 is 0 Å². The molecular formula is C17H27N3O. The van der Waals surface area contributed by atoms with Gasteiger partial charge in [-0.05, 0) is 37.5 Å². The van der Waals surface area contributed by atoms with Crippen molar-refractivity contribution in [2.75, 3.05) is 44.2 Å². The van der Waals surface area contributed by atoms with E-state index in [1.807, 2.05) is 0 Å². The maximum atomic E-state index is 5.96. The SMILES string of the molecule is Cc1cccc(N2CCN(CC3CCC(CN)O3)CC2)c1. The van der Waals surface area contributed by atoms with Gasteiger partial charge in [0.15, 0.2) is 0 Å². The number of nitrogens with two attached hydrogens (primary N) is 1. The van der Waals surface area contributed by atoms with E-state index in [0.717, 1.165) is 39.1 Å². The molecule has 2 heterocycles. The molecule has 1 aromatic carbocycles.